The largest absolute Gasteiger partial charge is 0.395 e. The lowest BCUT2D eigenvalue weighted by molar-refractivity contribution is -0.131. The topological polar surface area (TPSA) is 118 Å². The minimum atomic E-state index is 0.138. The quantitative estimate of drug-likeness (QED) is 0.431. The monoisotopic (exact) mass is 435 g/mol. The Kier molecular flexibility index (Phi) is 5.53. The van der Waals surface area contributed by atoms with Crippen LogP contribution >= 0.6 is 0 Å². The van der Waals surface area contributed by atoms with Gasteiger partial charge in [-0.25, -0.2) is 15.0 Å². The van der Waals surface area contributed by atoms with Crippen LogP contribution in [0.1, 0.15) is 25.6 Å². The first-order chi connectivity index (χ1) is 15.7. The Morgan fingerprint density at radius 1 is 1.16 bits per heavy atom. The van der Waals surface area contributed by atoms with Gasteiger partial charge in [-0.2, -0.15) is 0 Å². The van der Waals surface area contributed by atoms with Crippen molar-refractivity contribution in [3.63, 3.8) is 0 Å². The molecular weight excluding hydrogens is 410 g/mol. The number of nitrogens with one attached hydrogen (secondary N) is 1. The number of aromatic amines is 1. The number of fused-ring (bicyclic) bond motifs is 2. The number of aryl methyl sites for hydroxylation is 1. The summed E-state index contributed by atoms with van der Waals surface area (Å²) in [5, 5.41) is 8.05. The first kappa shape index (κ1) is 20.2. The third-order valence-electron chi connectivity index (χ3n) is 5.65. The fraction of sp³-hybridized carbons (Fsp3) is 0.429. The molecule has 1 aromatic carbocycles. The SMILES string of the molecule is CCc1nc2ncnc(N3CCN(C(=O)CCCOn4nnc5ccccc54)CC3)c2[nH]1. The van der Waals surface area contributed by atoms with Gasteiger partial charge in [0.1, 0.15) is 35.3 Å². The van der Waals surface area contributed by atoms with E-state index in [-0.39, 0.29) is 5.91 Å². The van der Waals surface area contributed by atoms with Crippen LogP contribution < -0.4 is 9.74 Å². The van der Waals surface area contributed by atoms with Crippen molar-refractivity contribution in [1.29, 1.82) is 0 Å². The first-order valence-corrected chi connectivity index (χ1v) is 10.9. The summed E-state index contributed by atoms with van der Waals surface area (Å²) in [5.74, 6) is 1.89. The molecule has 0 saturated carbocycles. The summed E-state index contributed by atoms with van der Waals surface area (Å²) in [7, 11) is 0. The molecule has 0 bridgehead atoms. The second-order valence-electron chi connectivity index (χ2n) is 7.69. The van der Waals surface area contributed by atoms with Gasteiger partial charge < -0.3 is 19.6 Å². The van der Waals surface area contributed by atoms with Crippen molar-refractivity contribution in [3.8, 4) is 0 Å². The minimum absolute atomic E-state index is 0.138. The standard InChI is InChI=1S/C21H25N9O2/c1-2-17-24-19-20(25-17)22-14-23-21(19)29-11-9-28(10-12-29)18(31)8-5-13-32-30-16-7-4-3-6-15(16)26-27-30/h3-4,6-7,14H,2,5,8-13H2,1H3,(H,22,23,24,25). The molecule has 0 radical (unpaired) electrons. The predicted octanol–water partition coefficient (Wildman–Crippen LogP) is 1.22. The highest BCUT2D eigenvalue weighted by molar-refractivity contribution is 5.83. The van der Waals surface area contributed by atoms with Crippen molar-refractivity contribution >= 4 is 33.9 Å². The molecule has 0 spiro atoms. The van der Waals surface area contributed by atoms with Crippen molar-refractivity contribution < 1.29 is 9.63 Å². The van der Waals surface area contributed by atoms with Gasteiger partial charge in [0.25, 0.3) is 0 Å². The Bertz CT molecular complexity index is 1230. The molecule has 1 fully saturated rings. The molecule has 11 heteroatoms. The molecule has 0 unspecified atom stereocenters. The summed E-state index contributed by atoms with van der Waals surface area (Å²) < 4.78 is 0. The summed E-state index contributed by atoms with van der Waals surface area (Å²) in [4.78, 5) is 40.3. The number of nitrogens with zero attached hydrogens (tertiary/aromatic N) is 8. The van der Waals surface area contributed by atoms with E-state index in [0.717, 1.165) is 47.7 Å². The van der Waals surface area contributed by atoms with Crippen LogP contribution in [0.2, 0.25) is 0 Å². The third-order valence-corrected chi connectivity index (χ3v) is 5.65. The van der Waals surface area contributed by atoms with Gasteiger partial charge in [-0.05, 0) is 23.8 Å². The van der Waals surface area contributed by atoms with Gasteiger partial charge >= 0.3 is 0 Å². The second-order valence-corrected chi connectivity index (χ2v) is 7.69. The number of aromatic nitrogens is 7. The van der Waals surface area contributed by atoms with Crippen LogP contribution in [0.4, 0.5) is 5.82 Å². The Balaban J connectivity index is 1.11. The van der Waals surface area contributed by atoms with Crippen molar-refractivity contribution in [2.45, 2.75) is 26.2 Å². The molecule has 0 atom stereocenters. The number of para-hydroxylation sites is 1. The van der Waals surface area contributed by atoms with E-state index in [1.807, 2.05) is 36.1 Å². The Morgan fingerprint density at radius 2 is 2.00 bits per heavy atom. The highest BCUT2D eigenvalue weighted by atomic mass is 16.7. The van der Waals surface area contributed by atoms with Gasteiger partial charge in [0.15, 0.2) is 11.5 Å². The third kappa shape index (κ3) is 3.93. The van der Waals surface area contributed by atoms with Gasteiger partial charge in [0.05, 0.1) is 0 Å². The maximum absolute atomic E-state index is 12.6. The summed E-state index contributed by atoms with van der Waals surface area (Å²) in [6.07, 6.45) is 3.42. The van der Waals surface area contributed by atoms with Crippen LogP contribution in [0.25, 0.3) is 22.2 Å². The number of H-pyrrole nitrogens is 1. The summed E-state index contributed by atoms with van der Waals surface area (Å²) in [5.41, 5.74) is 3.15. The first-order valence-electron chi connectivity index (χ1n) is 10.9. The zero-order chi connectivity index (χ0) is 21.9. The minimum Gasteiger partial charge on any atom is -0.395 e. The highest BCUT2D eigenvalue weighted by Crippen LogP contribution is 2.22. The number of benzene rings is 1. The Hall–Kier alpha value is -3.76. The number of rotatable bonds is 7. The zero-order valence-corrected chi connectivity index (χ0v) is 17.9. The maximum Gasteiger partial charge on any atom is 0.222 e. The molecular formula is C21H25N9O2. The van der Waals surface area contributed by atoms with Crippen LogP contribution in [0.3, 0.4) is 0 Å². The smallest absolute Gasteiger partial charge is 0.222 e. The van der Waals surface area contributed by atoms with Gasteiger partial charge in [0.2, 0.25) is 5.91 Å². The maximum atomic E-state index is 12.6. The molecule has 1 N–H and O–H groups in total. The van der Waals surface area contributed by atoms with E-state index in [1.165, 1.54) is 4.85 Å². The van der Waals surface area contributed by atoms with Crippen molar-refractivity contribution in [3.05, 3.63) is 36.4 Å². The molecule has 3 aromatic heterocycles. The molecule has 1 amide bonds. The number of imidazole rings is 1. The van der Waals surface area contributed by atoms with E-state index in [0.29, 0.717) is 38.2 Å². The zero-order valence-electron chi connectivity index (χ0n) is 17.9. The van der Waals surface area contributed by atoms with Gasteiger partial charge in [-0.1, -0.05) is 23.9 Å². The molecule has 1 aliphatic rings. The molecule has 11 nitrogen and oxygen atoms in total. The van der Waals surface area contributed by atoms with Crippen LogP contribution in [0.5, 0.6) is 0 Å². The number of carbonyl (C=O) groups is 1. The van der Waals surface area contributed by atoms with Gasteiger partial charge in [-0.15, -0.1) is 5.10 Å². The van der Waals surface area contributed by atoms with E-state index in [1.54, 1.807) is 6.33 Å². The molecule has 4 heterocycles. The number of piperazine rings is 1. The Morgan fingerprint density at radius 3 is 2.84 bits per heavy atom. The Labute approximate surface area is 184 Å². The fourth-order valence-electron chi connectivity index (χ4n) is 3.91. The summed E-state index contributed by atoms with van der Waals surface area (Å²) >= 11 is 0. The fourth-order valence-corrected chi connectivity index (χ4v) is 3.91. The molecule has 0 aliphatic carbocycles. The lowest BCUT2D eigenvalue weighted by atomic mass is 10.2. The van der Waals surface area contributed by atoms with E-state index in [9.17, 15) is 4.79 Å². The number of hydrogen-bond donors (Lipinski definition) is 1. The summed E-state index contributed by atoms with van der Waals surface area (Å²) in [6.45, 7) is 5.22. The van der Waals surface area contributed by atoms with E-state index in [4.69, 9.17) is 4.84 Å². The molecule has 32 heavy (non-hydrogen) atoms. The van der Waals surface area contributed by atoms with Crippen LogP contribution in [-0.4, -0.2) is 78.7 Å². The summed E-state index contributed by atoms with van der Waals surface area (Å²) in [6, 6.07) is 7.60. The van der Waals surface area contributed by atoms with Gasteiger partial charge in [0, 0.05) is 39.0 Å². The van der Waals surface area contributed by atoms with Crippen molar-refractivity contribution in [1.82, 2.24) is 40.0 Å². The van der Waals surface area contributed by atoms with E-state index >= 15 is 0 Å². The molecule has 166 valence electrons. The van der Waals surface area contributed by atoms with E-state index < -0.39 is 0 Å². The molecule has 1 saturated heterocycles. The highest BCUT2D eigenvalue weighted by Gasteiger charge is 2.24. The normalized spacial score (nSPS) is 14.4. The predicted molar refractivity (Wildman–Crippen MR) is 118 cm³/mol. The average molecular weight is 435 g/mol. The van der Waals surface area contributed by atoms with Crippen molar-refractivity contribution in [2.24, 2.45) is 0 Å². The number of amides is 1. The van der Waals surface area contributed by atoms with Crippen LogP contribution in [0.15, 0.2) is 30.6 Å². The van der Waals surface area contributed by atoms with Crippen molar-refractivity contribution in [2.75, 3.05) is 37.7 Å². The average Bonchev–Trinajstić information content (AvgIpc) is 3.45. The molecule has 5 rings (SSSR count). The number of anilines is 1. The number of hydrogen-bond acceptors (Lipinski definition) is 8. The molecule has 1 aliphatic heterocycles. The number of carbonyl (C=O) groups excluding carboxylic acids is 1. The van der Waals surface area contributed by atoms with Crippen LogP contribution in [-0.2, 0) is 11.2 Å². The lowest BCUT2D eigenvalue weighted by Crippen LogP contribution is -2.49. The van der Waals surface area contributed by atoms with Crippen LogP contribution in [0, 0.1) is 0 Å². The molecule has 4 aromatic rings. The van der Waals surface area contributed by atoms with Gasteiger partial charge in [-0.3, -0.25) is 4.79 Å². The lowest BCUT2D eigenvalue weighted by Gasteiger charge is -2.35. The van der Waals surface area contributed by atoms with E-state index in [2.05, 4.69) is 35.1 Å². The second kappa shape index (κ2) is 8.77.